The second-order valence-electron chi connectivity index (χ2n) is 9.40. The number of aliphatic hydroxyl groups excluding tert-OH is 2. The zero-order valence-corrected chi connectivity index (χ0v) is 22.6. The van der Waals surface area contributed by atoms with Crippen LogP contribution in [0.4, 0.5) is 16.2 Å². The number of ether oxygens (including phenoxy) is 2. The Labute approximate surface area is 232 Å². The molecule has 220 valence electrons. The monoisotopic (exact) mass is 615 g/mol. The van der Waals surface area contributed by atoms with Crippen molar-refractivity contribution in [2.24, 2.45) is 0 Å². The van der Waals surface area contributed by atoms with E-state index in [1.54, 1.807) is 0 Å². The van der Waals surface area contributed by atoms with Gasteiger partial charge in [-0.3, -0.25) is 23.4 Å². The first-order valence-corrected chi connectivity index (χ1v) is 14.6. The minimum atomic E-state index is -4.36. The van der Waals surface area contributed by atoms with E-state index in [0.29, 0.717) is 0 Å². The quantitative estimate of drug-likeness (QED) is 0.0963. The van der Waals surface area contributed by atoms with Gasteiger partial charge in [0.15, 0.2) is 33.9 Å². The Balaban J connectivity index is 1.23. The Morgan fingerprint density at radius 2 is 2.05 bits per heavy atom. The average molecular weight is 616 g/mol. The van der Waals surface area contributed by atoms with E-state index >= 15 is 4.39 Å². The van der Waals surface area contributed by atoms with E-state index in [-0.39, 0.29) is 47.1 Å². The second kappa shape index (κ2) is 9.91. The molecule has 2 aliphatic heterocycles. The van der Waals surface area contributed by atoms with Gasteiger partial charge in [-0.25, -0.2) is 23.9 Å². The molecule has 0 aliphatic carbocycles. The molecule has 6 atom stereocenters. The molecule has 19 nitrogen and oxygen atoms in total. The summed E-state index contributed by atoms with van der Waals surface area (Å²) in [7, 11) is 0. The number of rotatable bonds is 8. The molecule has 41 heavy (non-hydrogen) atoms. The Hall–Kier alpha value is -3.30. The van der Waals surface area contributed by atoms with E-state index in [4.69, 9.17) is 30.0 Å². The van der Waals surface area contributed by atoms with Gasteiger partial charge in [0, 0.05) is 6.42 Å². The summed E-state index contributed by atoms with van der Waals surface area (Å²) in [6.07, 6.45) is -1.75. The van der Waals surface area contributed by atoms with Crippen molar-refractivity contribution in [3.05, 3.63) is 23.0 Å². The molecule has 22 heteroatoms. The maximum atomic E-state index is 16.0. The van der Waals surface area contributed by atoms with Crippen LogP contribution in [0.25, 0.3) is 22.3 Å². The van der Waals surface area contributed by atoms with Gasteiger partial charge in [0.2, 0.25) is 5.95 Å². The van der Waals surface area contributed by atoms with Crippen LogP contribution in [-0.2, 0) is 34.6 Å². The van der Waals surface area contributed by atoms with E-state index in [2.05, 4.69) is 47.5 Å². The molecular formula is C19H23FN11O8PS. The maximum absolute atomic E-state index is 16.0. The first-order chi connectivity index (χ1) is 19.5. The van der Waals surface area contributed by atoms with Gasteiger partial charge in [-0.2, -0.15) is 9.67 Å². The summed E-state index contributed by atoms with van der Waals surface area (Å²) in [5, 5.41) is 28.0. The number of imidazole rings is 1. The molecule has 0 aromatic carbocycles. The van der Waals surface area contributed by atoms with Crippen molar-refractivity contribution in [1.29, 1.82) is 0 Å². The SMILES string of the molecule is Nc1nc2c(ncn2C2(OP(=O)(S)OC[C@H]3OC[C@@](F)(n4nnc5c(N)ncnc54)[C@@H]3O)CO[C@H](CO)C2)c(=O)[nH]1. The van der Waals surface area contributed by atoms with Gasteiger partial charge in [-0.15, -0.1) is 5.10 Å². The minimum Gasteiger partial charge on any atom is -0.394 e. The molecule has 6 rings (SSSR count). The van der Waals surface area contributed by atoms with E-state index < -0.39 is 62.0 Å². The number of aliphatic hydroxyl groups is 2. The predicted octanol–water partition coefficient (Wildman–Crippen LogP) is -1.59. The first-order valence-electron chi connectivity index (χ1n) is 11.9. The third kappa shape index (κ3) is 4.63. The van der Waals surface area contributed by atoms with Gasteiger partial charge in [-0.05, 0) is 0 Å². The fraction of sp³-hybridized carbons (Fsp3) is 0.526. The van der Waals surface area contributed by atoms with Crippen LogP contribution in [0, 0.1) is 0 Å². The van der Waals surface area contributed by atoms with Gasteiger partial charge in [0.1, 0.15) is 25.1 Å². The highest BCUT2D eigenvalue weighted by Crippen LogP contribution is 2.59. The van der Waals surface area contributed by atoms with Crippen LogP contribution in [0.5, 0.6) is 0 Å². The Morgan fingerprint density at radius 3 is 2.80 bits per heavy atom. The van der Waals surface area contributed by atoms with Crippen LogP contribution in [0.2, 0.25) is 0 Å². The number of hydrogen-bond acceptors (Lipinski definition) is 16. The number of hydrogen-bond donors (Lipinski definition) is 6. The Bertz CT molecular complexity index is 1740. The number of nitrogens with zero attached hydrogens (tertiary/aromatic N) is 8. The largest absolute Gasteiger partial charge is 0.394 e. The summed E-state index contributed by atoms with van der Waals surface area (Å²) >= 11 is 4.06. The van der Waals surface area contributed by atoms with E-state index in [1.165, 1.54) is 10.9 Å². The number of thiol groups is 1. The van der Waals surface area contributed by atoms with Crippen LogP contribution in [0.1, 0.15) is 6.42 Å². The average Bonchev–Trinajstić information content (AvgIpc) is 3.69. The molecule has 2 unspecified atom stereocenters. The third-order valence-corrected chi connectivity index (χ3v) is 8.41. The lowest BCUT2D eigenvalue weighted by molar-refractivity contribution is -0.0569. The third-order valence-electron chi connectivity index (χ3n) is 6.77. The van der Waals surface area contributed by atoms with Crippen molar-refractivity contribution in [2.75, 3.05) is 37.9 Å². The van der Waals surface area contributed by atoms with Crippen LogP contribution in [0.15, 0.2) is 17.4 Å². The molecule has 4 aromatic rings. The zero-order chi connectivity index (χ0) is 29.2. The van der Waals surface area contributed by atoms with Crippen molar-refractivity contribution >= 4 is 53.1 Å². The van der Waals surface area contributed by atoms with Gasteiger partial charge >= 0.3 is 6.80 Å². The summed E-state index contributed by atoms with van der Waals surface area (Å²) in [6, 6.07) is 0. The van der Waals surface area contributed by atoms with Crippen molar-refractivity contribution in [1.82, 2.24) is 44.5 Å². The molecule has 2 saturated heterocycles. The van der Waals surface area contributed by atoms with Crippen molar-refractivity contribution in [2.45, 2.75) is 36.3 Å². The highest BCUT2D eigenvalue weighted by molar-refractivity contribution is 8.44. The van der Waals surface area contributed by atoms with E-state index in [9.17, 15) is 19.6 Å². The van der Waals surface area contributed by atoms with E-state index in [0.717, 1.165) is 11.0 Å². The van der Waals surface area contributed by atoms with Crippen LogP contribution >= 0.6 is 19.0 Å². The number of H-pyrrole nitrogens is 1. The molecule has 4 aromatic heterocycles. The molecule has 0 amide bonds. The standard InChI is InChI=1S/C19H23FN11O8PS/c20-19(31-14-10(28-29-31)13(21)23-6-24-14)5-37-9(12(19)33)3-38-40(35,41)39-18(1-8(2-32)36-4-18)30-7-25-11-15(30)26-17(22)27-16(11)34/h6-9,12,32-33H,1-5H2,(H,35,41)(H2,21,23,24)(H3,22,26,27,34)/t8-,9+,12+,18?,19+,40?/m0/s1. The number of halogens is 1. The summed E-state index contributed by atoms with van der Waals surface area (Å²) in [5.74, 6) is -2.87. The van der Waals surface area contributed by atoms with E-state index in [1.807, 2.05) is 0 Å². The number of nitrogens with one attached hydrogen (secondary N) is 1. The number of aromatic nitrogens is 9. The van der Waals surface area contributed by atoms with Gasteiger partial charge in [-0.1, -0.05) is 17.5 Å². The maximum Gasteiger partial charge on any atom is 0.388 e. The number of nitrogen functional groups attached to an aromatic ring is 2. The number of fused-ring (bicyclic) bond motifs is 2. The number of nitrogens with two attached hydrogens (primary N) is 2. The lowest BCUT2D eigenvalue weighted by atomic mass is 10.1. The second-order valence-corrected chi connectivity index (χ2v) is 12.3. The lowest BCUT2D eigenvalue weighted by Gasteiger charge is -2.32. The normalized spacial score (nSPS) is 29.9. The van der Waals surface area contributed by atoms with Crippen LogP contribution in [0.3, 0.4) is 0 Å². The summed E-state index contributed by atoms with van der Waals surface area (Å²) in [5.41, 5.74) is 9.00. The smallest absolute Gasteiger partial charge is 0.388 e. The highest BCUT2D eigenvalue weighted by Gasteiger charge is 2.55. The van der Waals surface area contributed by atoms with Crippen LogP contribution in [-0.4, -0.2) is 99.4 Å². The van der Waals surface area contributed by atoms with Gasteiger partial charge in [0.25, 0.3) is 11.4 Å². The molecule has 0 radical (unpaired) electrons. The summed E-state index contributed by atoms with van der Waals surface area (Å²) in [6.45, 7) is -6.35. The number of alkyl halides is 1. The van der Waals surface area contributed by atoms with Gasteiger partial charge < -0.3 is 31.2 Å². The fourth-order valence-corrected chi connectivity index (χ4v) is 6.46. The van der Waals surface area contributed by atoms with Crippen molar-refractivity contribution in [3.8, 4) is 0 Å². The van der Waals surface area contributed by atoms with Crippen molar-refractivity contribution in [3.63, 3.8) is 0 Å². The van der Waals surface area contributed by atoms with Gasteiger partial charge in [0.05, 0.1) is 32.3 Å². The first kappa shape index (κ1) is 27.8. The van der Waals surface area contributed by atoms with Crippen molar-refractivity contribution < 1.29 is 37.7 Å². The highest BCUT2D eigenvalue weighted by atomic mass is 32.7. The molecule has 0 bridgehead atoms. The molecular weight excluding hydrogens is 592 g/mol. The Morgan fingerprint density at radius 1 is 1.24 bits per heavy atom. The minimum absolute atomic E-state index is 0.0111. The molecule has 0 spiro atoms. The topological polar surface area (TPSA) is 267 Å². The summed E-state index contributed by atoms with van der Waals surface area (Å²) in [4.78, 5) is 30.5. The number of anilines is 2. The zero-order valence-electron chi connectivity index (χ0n) is 20.8. The molecule has 7 N–H and O–H groups in total. The molecule has 2 aliphatic rings. The predicted molar refractivity (Wildman–Crippen MR) is 138 cm³/mol. The molecule has 2 fully saturated rings. The molecule has 6 heterocycles. The fourth-order valence-electron chi connectivity index (χ4n) is 4.77. The summed E-state index contributed by atoms with van der Waals surface area (Å²) < 4.78 is 53.7. The lowest BCUT2D eigenvalue weighted by Crippen LogP contribution is -2.44. The molecule has 0 saturated carbocycles. The number of aromatic amines is 1. The Kier molecular flexibility index (Phi) is 6.73. The van der Waals surface area contributed by atoms with Crippen LogP contribution < -0.4 is 17.0 Å².